The lowest BCUT2D eigenvalue weighted by Gasteiger charge is -2.21. The van der Waals surface area contributed by atoms with Gasteiger partial charge in [-0.15, -0.1) is 11.8 Å². The first-order valence-electron chi connectivity index (χ1n) is 13.0. The molecule has 2 amide bonds. The second-order valence-electron chi connectivity index (χ2n) is 10.6. The van der Waals surface area contributed by atoms with E-state index in [0.717, 1.165) is 52.4 Å². The molecule has 0 unspecified atom stereocenters. The van der Waals surface area contributed by atoms with Crippen molar-refractivity contribution < 1.29 is 9.53 Å². The number of carbonyl (C=O) groups is 1. The summed E-state index contributed by atoms with van der Waals surface area (Å²) in [6.07, 6.45) is 1.69. The highest BCUT2D eigenvalue weighted by Crippen LogP contribution is 2.32. The molecule has 2 N–H and O–H groups in total. The first-order valence-corrected chi connectivity index (χ1v) is 14.1. The summed E-state index contributed by atoms with van der Waals surface area (Å²) in [4.78, 5) is 15.5. The molecular weight excluding hydrogens is 494 g/mol. The van der Waals surface area contributed by atoms with Gasteiger partial charge < -0.3 is 10.1 Å². The van der Waals surface area contributed by atoms with Crippen LogP contribution in [0.15, 0.2) is 66.9 Å². The number of nitrogens with zero attached hydrogens (tertiary/aromatic N) is 3. The zero-order valence-electron chi connectivity index (χ0n) is 22.5. The van der Waals surface area contributed by atoms with Crippen molar-refractivity contribution in [2.24, 2.45) is 0 Å². The molecule has 5 rings (SSSR count). The van der Waals surface area contributed by atoms with Crippen LogP contribution in [0, 0.1) is 6.92 Å². The fraction of sp³-hybridized carbons (Fsp3) is 0.333. The van der Waals surface area contributed by atoms with Crippen molar-refractivity contribution in [1.29, 1.82) is 0 Å². The summed E-state index contributed by atoms with van der Waals surface area (Å²) in [6.45, 7) is 11.3. The normalized spacial score (nSPS) is 14.1. The van der Waals surface area contributed by atoms with Crippen LogP contribution in [0.4, 0.5) is 16.3 Å². The SMILES string of the molecule is Cc1cc(C(C)(C)C)ccc1-n1nccc1NC(=O)Nc1ccc(OCCN2CCSC2)c2ccccc12. The third-order valence-electron chi connectivity index (χ3n) is 6.80. The molecule has 0 bridgehead atoms. The number of aryl methyl sites for hydroxylation is 1. The van der Waals surface area contributed by atoms with Crippen molar-refractivity contribution in [2.45, 2.75) is 33.1 Å². The van der Waals surface area contributed by atoms with Crippen LogP contribution in [0.25, 0.3) is 16.5 Å². The summed E-state index contributed by atoms with van der Waals surface area (Å²) in [5, 5.41) is 12.4. The summed E-state index contributed by atoms with van der Waals surface area (Å²) in [6, 6.07) is 19.6. The number of ether oxygens (including phenoxy) is 1. The van der Waals surface area contributed by atoms with Gasteiger partial charge in [-0.1, -0.05) is 57.2 Å². The van der Waals surface area contributed by atoms with Gasteiger partial charge in [-0.2, -0.15) is 5.10 Å². The average Bonchev–Trinajstić information content (AvgIpc) is 3.57. The van der Waals surface area contributed by atoms with Crippen LogP contribution in [-0.2, 0) is 5.41 Å². The highest BCUT2D eigenvalue weighted by atomic mass is 32.2. The lowest BCUT2D eigenvalue weighted by Crippen LogP contribution is -2.25. The fourth-order valence-corrected chi connectivity index (χ4v) is 5.67. The Labute approximate surface area is 228 Å². The van der Waals surface area contributed by atoms with Crippen molar-refractivity contribution in [3.63, 3.8) is 0 Å². The molecule has 4 aromatic rings. The molecule has 1 fully saturated rings. The Morgan fingerprint density at radius 3 is 2.61 bits per heavy atom. The summed E-state index contributed by atoms with van der Waals surface area (Å²) in [7, 11) is 0. The summed E-state index contributed by atoms with van der Waals surface area (Å²) < 4.78 is 7.90. The van der Waals surface area contributed by atoms with Gasteiger partial charge in [-0.05, 0) is 41.7 Å². The fourth-order valence-electron chi connectivity index (χ4n) is 4.64. The number of thioether (sulfide) groups is 1. The molecule has 0 spiro atoms. The molecule has 8 heteroatoms. The third kappa shape index (κ3) is 5.81. The van der Waals surface area contributed by atoms with E-state index in [4.69, 9.17) is 4.74 Å². The number of hydrogen-bond donors (Lipinski definition) is 2. The Balaban J connectivity index is 1.30. The maximum atomic E-state index is 13.1. The second kappa shape index (κ2) is 11.1. The predicted molar refractivity (Wildman–Crippen MR) is 158 cm³/mol. The Bertz CT molecular complexity index is 1440. The Hall–Kier alpha value is -3.49. The number of fused-ring (bicyclic) bond motifs is 1. The minimum atomic E-state index is -0.332. The number of anilines is 2. The van der Waals surface area contributed by atoms with Gasteiger partial charge in [0.25, 0.3) is 0 Å². The molecule has 1 saturated heterocycles. The monoisotopic (exact) mass is 529 g/mol. The van der Waals surface area contributed by atoms with Crippen molar-refractivity contribution in [3.8, 4) is 11.4 Å². The number of aromatic nitrogens is 2. The molecule has 38 heavy (non-hydrogen) atoms. The smallest absolute Gasteiger partial charge is 0.324 e. The summed E-state index contributed by atoms with van der Waals surface area (Å²) in [5.74, 6) is 3.68. The van der Waals surface area contributed by atoms with E-state index in [1.165, 1.54) is 11.3 Å². The average molecular weight is 530 g/mol. The molecule has 0 atom stereocenters. The molecule has 1 aliphatic rings. The number of nitrogens with one attached hydrogen (secondary N) is 2. The molecule has 0 saturated carbocycles. The zero-order valence-corrected chi connectivity index (χ0v) is 23.3. The molecule has 198 valence electrons. The first kappa shape index (κ1) is 26.1. The highest BCUT2D eigenvalue weighted by molar-refractivity contribution is 7.99. The van der Waals surface area contributed by atoms with E-state index in [1.54, 1.807) is 16.9 Å². The largest absolute Gasteiger partial charge is 0.492 e. The van der Waals surface area contributed by atoms with Crippen LogP contribution in [0.5, 0.6) is 5.75 Å². The zero-order chi connectivity index (χ0) is 26.7. The van der Waals surface area contributed by atoms with Gasteiger partial charge in [0, 0.05) is 41.6 Å². The first-order chi connectivity index (χ1) is 18.3. The number of urea groups is 1. The third-order valence-corrected chi connectivity index (χ3v) is 7.82. The van der Waals surface area contributed by atoms with Crippen LogP contribution in [-0.4, -0.2) is 52.0 Å². The van der Waals surface area contributed by atoms with Gasteiger partial charge in [0.2, 0.25) is 0 Å². The Kier molecular flexibility index (Phi) is 7.63. The Morgan fingerprint density at radius 2 is 1.87 bits per heavy atom. The minimum Gasteiger partial charge on any atom is -0.492 e. The highest BCUT2D eigenvalue weighted by Gasteiger charge is 2.17. The standard InChI is InChI=1S/C30H35N5O2S/c1-21-19-22(30(2,3)4)9-11-26(21)35-28(13-14-31-35)33-29(36)32-25-10-12-27(24-8-6-5-7-23(24)25)37-17-15-34-16-18-38-20-34/h5-14,19H,15-18,20H2,1-4H3,(H2,32,33,36). The van der Waals surface area contributed by atoms with Crippen LogP contribution in [0.1, 0.15) is 31.9 Å². The van der Waals surface area contributed by atoms with Crippen molar-refractivity contribution in [3.05, 3.63) is 78.0 Å². The quantitative estimate of drug-likeness (QED) is 0.280. The second-order valence-corrected chi connectivity index (χ2v) is 11.7. The van der Waals surface area contributed by atoms with Gasteiger partial charge >= 0.3 is 6.03 Å². The lowest BCUT2D eigenvalue weighted by atomic mass is 9.86. The molecule has 0 radical (unpaired) electrons. The van der Waals surface area contributed by atoms with Crippen LogP contribution < -0.4 is 15.4 Å². The molecule has 0 aliphatic carbocycles. The molecular formula is C30H35N5O2S. The molecule has 1 aromatic heterocycles. The minimum absolute atomic E-state index is 0.0603. The van der Waals surface area contributed by atoms with E-state index < -0.39 is 0 Å². The summed E-state index contributed by atoms with van der Waals surface area (Å²) in [5.41, 5.74) is 4.06. The van der Waals surface area contributed by atoms with Gasteiger partial charge in [-0.25, -0.2) is 9.48 Å². The number of carbonyl (C=O) groups excluding carboxylic acids is 1. The van der Waals surface area contributed by atoms with E-state index in [0.29, 0.717) is 12.4 Å². The van der Waals surface area contributed by atoms with Crippen LogP contribution in [0.2, 0.25) is 0 Å². The van der Waals surface area contributed by atoms with Gasteiger partial charge in [-0.3, -0.25) is 10.2 Å². The maximum Gasteiger partial charge on any atom is 0.324 e. The lowest BCUT2D eigenvalue weighted by molar-refractivity contribution is 0.246. The van der Waals surface area contributed by atoms with Gasteiger partial charge in [0.1, 0.15) is 18.2 Å². The predicted octanol–water partition coefficient (Wildman–Crippen LogP) is 6.66. The maximum absolute atomic E-state index is 13.1. The van der Waals surface area contributed by atoms with Crippen LogP contribution >= 0.6 is 11.8 Å². The van der Waals surface area contributed by atoms with E-state index in [-0.39, 0.29) is 11.4 Å². The number of rotatable bonds is 7. The van der Waals surface area contributed by atoms with E-state index in [9.17, 15) is 4.79 Å². The van der Waals surface area contributed by atoms with E-state index in [2.05, 4.69) is 66.5 Å². The molecule has 1 aliphatic heterocycles. The number of benzene rings is 3. The topological polar surface area (TPSA) is 71.4 Å². The number of amides is 2. The van der Waals surface area contributed by atoms with Crippen molar-refractivity contribution in [1.82, 2.24) is 14.7 Å². The molecule has 3 aromatic carbocycles. The van der Waals surface area contributed by atoms with E-state index in [1.807, 2.05) is 48.2 Å². The number of hydrogen-bond acceptors (Lipinski definition) is 5. The van der Waals surface area contributed by atoms with Crippen molar-refractivity contribution in [2.75, 3.05) is 42.0 Å². The summed E-state index contributed by atoms with van der Waals surface area (Å²) >= 11 is 1.96. The Morgan fingerprint density at radius 1 is 1.05 bits per heavy atom. The van der Waals surface area contributed by atoms with Crippen molar-refractivity contribution >= 4 is 40.1 Å². The molecule has 2 heterocycles. The van der Waals surface area contributed by atoms with Gasteiger partial charge in [0.15, 0.2) is 0 Å². The molecule has 7 nitrogen and oxygen atoms in total. The van der Waals surface area contributed by atoms with Gasteiger partial charge in [0.05, 0.1) is 17.6 Å². The van der Waals surface area contributed by atoms with E-state index >= 15 is 0 Å². The van der Waals surface area contributed by atoms with Crippen LogP contribution in [0.3, 0.4) is 0 Å².